The van der Waals surface area contributed by atoms with Gasteiger partial charge in [0, 0.05) is 19.8 Å². The van der Waals surface area contributed by atoms with Crippen molar-refractivity contribution in [2.75, 3.05) is 26.4 Å². The maximum atomic E-state index is 11.6. The zero-order valence-electron chi connectivity index (χ0n) is 11.9. The molecule has 1 heterocycles. The summed E-state index contributed by atoms with van der Waals surface area (Å²) in [7, 11) is 0. The van der Waals surface area contributed by atoms with Crippen LogP contribution >= 0.6 is 12.4 Å². The minimum Gasteiger partial charge on any atom is -0.379 e. The molecule has 6 heteroatoms. The van der Waals surface area contributed by atoms with Crippen LogP contribution in [0, 0.1) is 5.92 Å². The predicted octanol–water partition coefficient (Wildman–Crippen LogP) is 1.09. The van der Waals surface area contributed by atoms with Gasteiger partial charge in [-0.05, 0) is 25.2 Å². The lowest BCUT2D eigenvalue weighted by atomic mass is 10.0. The Hall–Kier alpha value is -0.360. The molecule has 1 aliphatic rings. The summed E-state index contributed by atoms with van der Waals surface area (Å²) in [5, 5.41) is 2.84. The second kappa shape index (κ2) is 10.4. The molecular formula is C13H27ClN2O3. The van der Waals surface area contributed by atoms with Crippen LogP contribution in [0.1, 0.15) is 33.1 Å². The van der Waals surface area contributed by atoms with E-state index in [4.69, 9.17) is 15.2 Å². The van der Waals surface area contributed by atoms with E-state index in [1.54, 1.807) is 0 Å². The molecule has 0 aromatic rings. The maximum Gasteiger partial charge on any atom is 0.236 e. The third kappa shape index (κ3) is 8.42. The lowest BCUT2D eigenvalue weighted by Gasteiger charge is -2.14. The fourth-order valence-electron chi connectivity index (χ4n) is 1.92. The predicted molar refractivity (Wildman–Crippen MR) is 77.5 cm³/mol. The second-order valence-electron chi connectivity index (χ2n) is 5.24. The molecule has 5 nitrogen and oxygen atoms in total. The molecule has 19 heavy (non-hydrogen) atoms. The molecule has 0 saturated carbocycles. The number of rotatable bonds is 8. The Morgan fingerprint density at radius 3 is 2.84 bits per heavy atom. The Kier molecular flexibility index (Phi) is 10.2. The number of carbonyl (C=O) groups is 1. The Bertz CT molecular complexity index is 246. The van der Waals surface area contributed by atoms with E-state index in [-0.39, 0.29) is 24.4 Å². The van der Waals surface area contributed by atoms with Crippen molar-refractivity contribution in [3.8, 4) is 0 Å². The summed E-state index contributed by atoms with van der Waals surface area (Å²) < 4.78 is 10.8. The minimum absolute atomic E-state index is 0. The molecule has 1 amide bonds. The van der Waals surface area contributed by atoms with Crippen molar-refractivity contribution in [1.82, 2.24) is 5.32 Å². The van der Waals surface area contributed by atoms with E-state index >= 15 is 0 Å². The fourth-order valence-corrected chi connectivity index (χ4v) is 1.92. The van der Waals surface area contributed by atoms with Gasteiger partial charge in [-0.3, -0.25) is 4.79 Å². The third-order valence-corrected chi connectivity index (χ3v) is 2.92. The molecule has 0 aliphatic carbocycles. The van der Waals surface area contributed by atoms with Gasteiger partial charge in [0.15, 0.2) is 0 Å². The molecule has 0 aromatic carbocycles. The van der Waals surface area contributed by atoms with E-state index < -0.39 is 6.04 Å². The molecule has 1 unspecified atom stereocenters. The molecule has 3 N–H and O–H groups in total. The van der Waals surface area contributed by atoms with E-state index in [2.05, 4.69) is 19.2 Å². The summed E-state index contributed by atoms with van der Waals surface area (Å²) in [6.45, 7) is 6.90. The van der Waals surface area contributed by atoms with Crippen molar-refractivity contribution in [3.63, 3.8) is 0 Å². The highest BCUT2D eigenvalue weighted by atomic mass is 35.5. The first-order valence-electron chi connectivity index (χ1n) is 6.82. The number of nitrogens with two attached hydrogens (primary N) is 1. The van der Waals surface area contributed by atoms with Crippen molar-refractivity contribution in [1.29, 1.82) is 0 Å². The molecule has 0 radical (unpaired) electrons. The SMILES string of the molecule is CC(C)C[C@H](N)C(=O)NCCCOC1CCOC1.Cl. The van der Waals surface area contributed by atoms with Gasteiger partial charge in [-0.1, -0.05) is 13.8 Å². The molecule has 114 valence electrons. The molecule has 0 aromatic heterocycles. The number of ether oxygens (including phenoxy) is 2. The first-order valence-corrected chi connectivity index (χ1v) is 6.82. The van der Waals surface area contributed by atoms with Gasteiger partial charge < -0.3 is 20.5 Å². The lowest BCUT2D eigenvalue weighted by Crippen LogP contribution is -2.41. The van der Waals surface area contributed by atoms with Gasteiger partial charge in [-0.15, -0.1) is 12.4 Å². The number of carbonyl (C=O) groups excluding carboxylic acids is 1. The van der Waals surface area contributed by atoms with Gasteiger partial charge in [0.2, 0.25) is 5.91 Å². The van der Waals surface area contributed by atoms with Gasteiger partial charge in [-0.25, -0.2) is 0 Å². The average molecular weight is 295 g/mol. The Labute approximate surface area is 122 Å². The van der Waals surface area contributed by atoms with Crippen LogP contribution < -0.4 is 11.1 Å². The largest absolute Gasteiger partial charge is 0.379 e. The van der Waals surface area contributed by atoms with E-state index in [9.17, 15) is 4.79 Å². The van der Waals surface area contributed by atoms with Crippen LogP contribution in [0.4, 0.5) is 0 Å². The van der Waals surface area contributed by atoms with E-state index in [0.29, 0.717) is 25.7 Å². The Morgan fingerprint density at radius 1 is 1.53 bits per heavy atom. The maximum absolute atomic E-state index is 11.6. The van der Waals surface area contributed by atoms with Gasteiger partial charge >= 0.3 is 0 Å². The number of halogens is 1. The molecule has 1 rings (SSSR count). The first-order chi connectivity index (χ1) is 8.59. The zero-order chi connectivity index (χ0) is 13.4. The van der Waals surface area contributed by atoms with Crippen LogP contribution in [-0.2, 0) is 14.3 Å². The van der Waals surface area contributed by atoms with Crippen LogP contribution in [0.5, 0.6) is 0 Å². The lowest BCUT2D eigenvalue weighted by molar-refractivity contribution is -0.122. The van der Waals surface area contributed by atoms with Crippen LogP contribution in [0.2, 0.25) is 0 Å². The highest BCUT2D eigenvalue weighted by Gasteiger charge is 2.16. The van der Waals surface area contributed by atoms with Gasteiger partial charge in [0.25, 0.3) is 0 Å². The third-order valence-electron chi connectivity index (χ3n) is 2.92. The quantitative estimate of drug-likeness (QED) is 0.657. The van der Waals surface area contributed by atoms with Crippen molar-refractivity contribution in [2.45, 2.75) is 45.3 Å². The number of amides is 1. The normalized spacial score (nSPS) is 20.1. The van der Waals surface area contributed by atoms with Crippen LogP contribution in [0.25, 0.3) is 0 Å². The van der Waals surface area contributed by atoms with Crippen molar-refractivity contribution in [2.24, 2.45) is 11.7 Å². The van der Waals surface area contributed by atoms with Crippen LogP contribution in [0.3, 0.4) is 0 Å². The molecule has 1 fully saturated rings. The first kappa shape index (κ1) is 18.6. The van der Waals surface area contributed by atoms with Crippen molar-refractivity contribution >= 4 is 18.3 Å². The smallest absolute Gasteiger partial charge is 0.236 e. The number of hydrogen-bond acceptors (Lipinski definition) is 4. The highest BCUT2D eigenvalue weighted by molar-refractivity contribution is 5.85. The molecular weight excluding hydrogens is 268 g/mol. The second-order valence-corrected chi connectivity index (χ2v) is 5.24. The Balaban J connectivity index is 0.00000324. The summed E-state index contributed by atoms with van der Waals surface area (Å²) in [6, 6.07) is -0.394. The number of nitrogens with one attached hydrogen (secondary N) is 1. The summed E-state index contributed by atoms with van der Waals surface area (Å²) in [5.41, 5.74) is 5.77. The topological polar surface area (TPSA) is 73.6 Å². The van der Waals surface area contributed by atoms with E-state index in [1.165, 1.54) is 0 Å². The van der Waals surface area contributed by atoms with Gasteiger partial charge in [0.05, 0.1) is 18.8 Å². The molecule has 0 bridgehead atoms. The van der Waals surface area contributed by atoms with Crippen LogP contribution in [-0.4, -0.2) is 44.4 Å². The Morgan fingerprint density at radius 2 is 2.26 bits per heavy atom. The number of hydrogen-bond donors (Lipinski definition) is 2. The summed E-state index contributed by atoms with van der Waals surface area (Å²) >= 11 is 0. The molecule has 0 spiro atoms. The standard InChI is InChI=1S/C13H26N2O3.ClH/c1-10(2)8-12(14)13(16)15-5-3-6-18-11-4-7-17-9-11;/h10-12H,3-9,14H2,1-2H3,(H,15,16);1H/t11?,12-;/m0./s1. The molecule has 2 atom stereocenters. The van der Waals surface area contributed by atoms with Crippen LogP contribution in [0.15, 0.2) is 0 Å². The monoisotopic (exact) mass is 294 g/mol. The summed E-state index contributed by atoms with van der Waals surface area (Å²) in [4.78, 5) is 11.6. The zero-order valence-corrected chi connectivity index (χ0v) is 12.7. The van der Waals surface area contributed by atoms with Gasteiger partial charge in [-0.2, -0.15) is 0 Å². The van der Waals surface area contributed by atoms with Crippen molar-refractivity contribution < 1.29 is 14.3 Å². The van der Waals surface area contributed by atoms with E-state index in [0.717, 1.165) is 25.9 Å². The molecule has 1 saturated heterocycles. The summed E-state index contributed by atoms with van der Waals surface area (Å²) in [6.07, 6.45) is 2.76. The average Bonchev–Trinajstić information content (AvgIpc) is 2.80. The summed E-state index contributed by atoms with van der Waals surface area (Å²) in [5.74, 6) is 0.379. The molecule has 1 aliphatic heterocycles. The van der Waals surface area contributed by atoms with E-state index in [1.807, 2.05) is 0 Å². The van der Waals surface area contributed by atoms with Crippen molar-refractivity contribution in [3.05, 3.63) is 0 Å². The highest BCUT2D eigenvalue weighted by Crippen LogP contribution is 2.08. The van der Waals surface area contributed by atoms with Gasteiger partial charge in [0.1, 0.15) is 0 Å². The fraction of sp³-hybridized carbons (Fsp3) is 0.923. The minimum atomic E-state index is -0.394.